The summed E-state index contributed by atoms with van der Waals surface area (Å²) in [5.41, 5.74) is 3.10. The summed E-state index contributed by atoms with van der Waals surface area (Å²) in [5.74, 6) is -0.529. The number of carbonyl (C=O) groups is 1. The smallest absolute Gasteiger partial charge is 0.303 e. The number of hydrogen-bond donors (Lipinski definition) is 1. The van der Waals surface area contributed by atoms with E-state index in [9.17, 15) is 9.90 Å². The first kappa shape index (κ1) is 31.5. The van der Waals surface area contributed by atoms with Gasteiger partial charge in [-0.1, -0.05) is 102 Å². The van der Waals surface area contributed by atoms with Crippen molar-refractivity contribution >= 4 is 14.3 Å². The quantitative estimate of drug-likeness (QED) is 0.239. The first-order chi connectivity index (χ1) is 18.6. The molecule has 2 aromatic rings. The number of hydrogen-bond acceptors (Lipinski definition) is 7. The van der Waals surface area contributed by atoms with E-state index in [0.717, 1.165) is 11.1 Å². The van der Waals surface area contributed by atoms with Crippen LogP contribution in [0.3, 0.4) is 0 Å². The molecule has 216 valence electrons. The van der Waals surface area contributed by atoms with Gasteiger partial charge in [0.05, 0.1) is 19.8 Å². The van der Waals surface area contributed by atoms with E-state index in [1.54, 1.807) is 0 Å². The molecular weight excluding hydrogens is 512 g/mol. The zero-order chi connectivity index (χ0) is 28.6. The lowest BCUT2D eigenvalue weighted by Crippen LogP contribution is -2.62. The van der Waals surface area contributed by atoms with Crippen molar-refractivity contribution in [3.63, 3.8) is 0 Å². The summed E-state index contributed by atoms with van der Waals surface area (Å²) < 4.78 is 31.3. The number of ether oxygens (including phenoxy) is 4. The fourth-order valence-corrected chi connectivity index (χ4v) is 11.5. The van der Waals surface area contributed by atoms with Crippen molar-refractivity contribution in [3.8, 4) is 0 Å². The van der Waals surface area contributed by atoms with E-state index >= 15 is 0 Å². The molecule has 1 saturated heterocycles. The fraction of sp³-hybridized carbons (Fsp3) is 0.581. The summed E-state index contributed by atoms with van der Waals surface area (Å²) in [5, 5.41) is 11.0. The molecule has 0 saturated carbocycles. The molecule has 5 atom stereocenters. The van der Waals surface area contributed by atoms with Gasteiger partial charge in [-0.15, -0.1) is 0 Å². The van der Waals surface area contributed by atoms with Gasteiger partial charge in [-0.25, -0.2) is 0 Å². The lowest BCUT2D eigenvalue weighted by molar-refractivity contribution is -0.307. The van der Waals surface area contributed by atoms with Crippen molar-refractivity contribution in [2.45, 2.75) is 109 Å². The third kappa shape index (κ3) is 7.99. The second-order valence-electron chi connectivity index (χ2n) is 11.3. The summed E-state index contributed by atoms with van der Waals surface area (Å²) in [6, 6.07) is 19.6. The van der Waals surface area contributed by atoms with Crippen molar-refractivity contribution in [1.82, 2.24) is 0 Å². The highest BCUT2D eigenvalue weighted by atomic mass is 28.4. The average Bonchev–Trinajstić information content (AvgIpc) is 2.89. The number of carbonyl (C=O) groups excluding carboxylic acids is 1. The summed E-state index contributed by atoms with van der Waals surface area (Å²) in [7, 11) is -2.23. The Morgan fingerprint density at radius 2 is 1.26 bits per heavy atom. The maximum Gasteiger partial charge on any atom is 0.303 e. The highest BCUT2D eigenvalue weighted by molar-refractivity contribution is 6.77. The number of benzene rings is 2. The first-order valence-corrected chi connectivity index (χ1v) is 16.2. The number of aliphatic hydroxyl groups excluding tert-OH is 1. The summed E-state index contributed by atoms with van der Waals surface area (Å²) in [6.45, 7) is 15.5. The predicted molar refractivity (Wildman–Crippen MR) is 153 cm³/mol. The van der Waals surface area contributed by atoms with Gasteiger partial charge in [-0.3, -0.25) is 4.79 Å². The van der Waals surface area contributed by atoms with Crippen LogP contribution in [0.5, 0.6) is 0 Å². The fourth-order valence-electron chi connectivity index (χ4n) is 6.00. The Morgan fingerprint density at radius 1 is 0.795 bits per heavy atom. The highest BCUT2D eigenvalue weighted by Gasteiger charge is 2.51. The SMILES string of the molecule is CC(=O)OC1C(O)OC(CO[Si](C(C)C)(C(C)C)C(C)C)C(OCc2ccccc2)C1OCc1ccccc1. The Labute approximate surface area is 234 Å². The molecule has 1 heterocycles. The van der Waals surface area contributed by atoms with Crippen LogP contribution in [0.4, 0.5) is 0 Å². The van der Waals surface area contributed by atoms with Gasteiger partial charge < -0.3 is 28.5 Å². The molecule has 8 heteroatoms. The minimum atomic E-state index is -2.23. The normalized spacial score (nSPS) is 23.9. The molecule has 0 spiro atoms. The molecule has 0 aromatic heterocycles. The second-order valence-corrected chi connectivity index (χ2v) is 16.8. The third-order valence-corrected chi connectivity index (χ3v) is 13.8. The summed E-state index contributed by atoms with van der Waals surface area (Å²) in [4.78, 5) is 12.0. The molecular formula is C31H46O7Si. The van der Waals surface area contributed by atoms with Gasteiger partial charge in [0, 0.05) is 6.92 Å². The van der Waals surface area contributed by atoms with Gasteiger partial charge in [-0.2, -0.15) is 0 Å². The van der Waals surface area contributed by atoms with E-state index < -0.39 is 45.0 Å². The molecule has 1 N–H and O–H groups in total. The molecule has 0 radical (unpaired) electrons. The van der Waals surface area contributed by atoms with Gasteiger partial charge in [-0.05, 0) is 27.8 Å². The van der Waals surface area contributed by atoms with Crippen molar-refractivity contribution in [3.05, 3.63) is 71.8 Å². The molecule has 0 bridgehead atoms. The van der Waals surface area contributed by atoms with Crippen molar-refractivity contribution in [1.29, 1.82) is 0 Å². The van der Waals surface area contributed by atoms with Crippen LogP contribution in [0.25, 0.3) is 0 Å². The zero-order valence-electron chi connectivity index (χ0n) is 24.4. The number of aliphatic hydroxyl groups is 1. The lowest BCUT2D eigenvalue weighted by Gasteiger charge is -2.47. The van der Waals surface area contributed by atoms with Gasteiger partial charge in [0.1, 0.15) is 18.3 Å². The van der Waals surface area contributed by atoms with Gasteiger partial charge in [0.25, 0.3) is 0 Å². The minimum Gasteiger partial charge on any atom is -0.454 e. The second kappa shape index (κ2) is 14.5. The van der Waals surface area contributed by atoms with E-state index in [0.29, 0.717) is 23.2 Å². The van der Waals surface area contributed by atoms with Crippen LogP contribution in [0.1, 0.15) is 59.6 Å². The Kier molecular flexibility index (Phi) is 11.7. The van der Waals surface area contributed by atoms with E-state index in [-0.39, 0.29) is 13.2 Å². The van der Waals surface area contributed by atoms with Crippen LogP contribution >= 0.6 is 0 Å². The largest absolute Gasteiger partial charge is 0.454 e. The van der Waals surface area contributed by atoms with E-state index in [1.165, 1.54) is 6.92 Å². The maximum absolute atomic E-state index is 12.0. The van der Waals surface area contributed by atoms with Crippen LogP contribution in [0, 0.1) is 0 Å². The molecule has 1 aliphatic heterocycles. The van der Waals surface area contributed by atoms with Gasteiger partial charge >= 0.3 is 5.97 Å². The molecule has 0 aliphatic carbocycles. The molecule has 0 amide bonds. The molecule has 1 fully saturated rings. The molecule has 3 rings (SSSR count). The first-order valence-electron chi connectivity index (χ1n) is 14.0. The highest BCUT2D eigenvalue weighted by Crippen LogP contribution is 2.43. The molecule has 1 aliphatic rings. The number of esters is 1. The Balaban J connectivity index is 1.93. The lowest BCUT2D eigenvalue weighted by atomic mass is 9.98. The standard InChI is InChI=1S/C31H46O7Si/c1-21(2)39(22(3)4,23(5)6)36-20-27-28(34-18-25-14-10-8-11-15-25)29(30(31(33)38-27)37-24(7)32)35-19-26-16-12-9-13-17-26/h8-17,21-23,27-31,33H,18-20H2,1-7H3. The van der Waals surface area contributed by atoms with E-state index in [2.05, 4.69) is 41.5 Å². The molecule has 7 nitrogen and oxygen atoms in total. The molecule has 5 unspecified atom stereocenters. The van der Waals surface area contributed by atoms with E-state index in [4.69, 9.17) is 23.4 Å². The summed E-state index contributed by atoms with van der Waals surface area (Å²) >= 11 is 0. The molecule has 2 aromatic carbocycles. The van der Waals surface area contributed by atoms with Crippen molar-refractivity contribution in [2.75, 3.05) is 6.61 Å². The van der Waals surface area contributed by atoms with Gasteiger partial charge in [0.2, 0.25) is 0 Å². The Hall–Kier alpha value is -2.07. The third-order valence-electron chi connectivity index (χ3n) is 7.69. The topological polar surface area (TPSA) is 83.5 Å². The number of rotatable bonds is 13. The van der Waals surface area contributed by atoms with Gasteiger partial charge in [0.15, 0.2) is 20.7 Å². The zero-order valence-corrected chi connectivity index (χ0v) is 25.4. The minimum absolute atomic E-state index is 0.245. The van der Waals surface area contributed by atoms with Crippen LogP contribution in [-0.2, 0) is 41.4 Å². The van der Waals surface area contributed by atoms with Crippen LogP contribution < -0.4 is 0 Å². The van der Waals surface area contributed by atoms with Crippen LogP contribution in [0.15, 0.2) is 60.7 Å². The molecule has 39 heavy (non-hydrogen) atoms. The predicted octanol–water partition coefficient (Wildman–Crippen LogP) is 6.00. The van der Waals surface area contributed by atoms with Crippen molar-refractivity contribution in [2.24, 2.45) is 0 Å². The Morgan fingerprint density at radius 3 is 1.69 bits per heavy atom. The monoisotopic (exact) mass is 558 g/mol. The maximum atomic E-state index is 12.0. The summed E-state index contributed by atoms with van der Waals surface area (Å²) in [6.07, 6.45) is -4.48. The van der Waals surface area contributed by atoms with Crippen LogP contribution in [-0.4, -0.2) is 56.7 Å². The van der Waals surface area contributed by atoms with Crippen molar-refractivity contribution < 1.29 is 33.3 Å². The van der Waals surface area contributed by atoms with E-state index in [1.807, 2.05) is 60.7 Å². The van der Waals surface area contributed by atoms with Crippen LogP contribution in [0.2, 0.25) is 16.6 Å². The Bertz CT molecular complexity index is 977. The average molecular weight is 559 g/mol.